The van der Waals surface area contributed by atoms with Crippen LogP contribution in [-0.2, 0) is 0 Å². The first-order valence-electron chi connectivity index (χ1n) is 6.40. The summed E-state index contributed by atoms with van der Waals surface area (Å²) in [6.07, 6.45) is 0. The molecule has 0 aromatic heterocycles. The minimum absolute atomic E-state index is 0.151. The van der Waals surface area contributed by atoms with Crippen molar-refractivity contribution in [2.45, 2.75) is 20.8 Å². The molecule has 0 saturated carbocycles. The van der Waals surface area contributed by atoms with Crippen molar-refractivity contribution >= 4 is 5.78 Å². The number of methoxy groups -OCH3 is 1. The Hall–Kier alpha value is -2.16. The van der Waals surface area contributed by atoms with Gasteiger partial charge in [-0.25, -0.2) is 4.39 Å². The fraction of sp³-hybridized carbons (Fsp3) is 0.235. The third kappa shape index (κ3) is 2.57. The lowest BCUT2D eigenvalue weighted by Gasteiger charge is -2.12. The third-order valence-electron chi connectivity index (χ3n) is 3.31. The standard InChI is InChI=1S/C17H17FO2/c1-10-7-12(3)16(15(8-10)20-4)17(19)13-5-6-14(18)11(2)9-13/h5-9H,1-4H3. The molecule has 0 amide bonds. The number of hydrogen-bond acceptors (Lipinski definition) is 2. The summed E-state index contributed by atoms with van der Waals surface area (Å²) in [5, 5.41) is 0. The summed E-state index contributed by atoms with van der Waals surface area (Å²) in [5.41, 5.74) is 3.35. The Morgan fingerprint density at radius 2 is 1.75 bits per heavy atom. The van der Waals surface area contributed by atoms with Gasteiger partial charge in [0.2, 0.25) is 0 Å². The van der Waals surface area contributed by atoms with Crippen LogP contribution in [0.4, 0.5) is 4.39 Å². The summed E-state index contributed by atoms with van der Waals surface area (Å²) in [6, 6.07) is 8.15. The molecule has 2 nitrogen and oxygen atoms in total. The van der Waals surface area contributed by atoms with Crippen LogP contribution in [0.5, 0.6) is 5.75 Å². The molecule has 0 aliphatic heterocycles. The van der Waals surface area contributed by atoms with E-state index in [0.717, 1.165) is 11.1 Å². The molecule has 0 aliphatic carbocycles. The highest BCUT2D eigenvalue weighted by Gasteiger charge is 2.18. The van der Waals surface area contributed by atoms with Crippen LogP contribution >= 0.6 is 0 Å². The first kappa shape index (κ1) is 14.3. The number of benzene rings is 2. The Bertz CT molecular complexity index is 675. The first-order chi connectivity index (χ1) is 9.43. The lowest BCUT2D eigenvalue weighted by molar-refractivity contribution is 0.103. The summed E-state index contributed by atoms with van der Waals surface area (Å²) in [7, 11) is 1.54. The molecule has 0 saturated heterocycles. The van der Waals surface area contributed by atoms with Gasteiger partial charge in [0.1, 0.15) is 11.6 Å². The SMILES string of the molecule is COc1cc(C)cc(C)c1C(=O)c1ccc(F)c(C)c1. The Kier molecular flexibility index (Phi) is 3.89. The Balaban J connectivity index is 2.55. The van der Waals surface area contributed by atoms with Crippen molar-refractivity contribution in [1.82, 2.24) is 0 Å². The molecule has 104 valence electrons. The summed E-state index contributed by atoms with van der Waals surface area (Å²) in [6.45, 7) is 5.47. The lowest BCUT2D eigenvalue weighted by Crippen LogP contribution is -2.07. The summed E-state index contributed by atoms with van der Waals surface area (Å²) in [4.78, 5) is 12.6. The molecule has 0 fully saturated rings. The number of ketones is 1. The van der Waals surface area contributed by atoms with Crippen molar-refractivity contribution in [3.8, 4) is 5.75 Å². The van der Waals surface area contributed by atoms with E-state index in [9.17, 15) is 9.18 Å². The Morgan fingerprint density at radius 3 is 2.35 bits per heavy atom. The highest BCUT2D eigenvalue weighted by molar-refractivity contribution is 6.11. The van der Waals surface area contributed by atoms with Gasteiger partial charge in [0.05, 0.1) is 12.7 Å². The maximum atomic E-state index is 13.3. The van der Waals surface area contributed by atoms with Crippen LogP contribution in [0.1, 0.15) is 32.6 Å². The van der Waals surface area contributed by atoms with E-state index in [-0.39, 0.29) is 11.6 Å². The van der Waals surface area contributed by atoms with Crippen molar-refractivity contribution in [3.05, 3.63) is 64.0 Å². The van der Waals surface area contributed by atoms with Crippen LogP contribution in [0.2, 0.25) is 0 Å². The van der Waals surface area contributed by atoms with Crippen molar-refractivity contribution in [2.24, 2.45) is 0 Å². The van der Waals surface area contributed by atoms with Gasteiger partial charge in [-0.1, -0.05) is 6.07 Å². The third-order valence-corrected chi connectivity index (χ3v) is 3.31. The topological polar surface area (TPSA) is 26.3 Å². The van der Waals surface area contributed by atoms with Crippen LogP contribution < -0.4 is 4.74 Å². The molecule has 0 spiro atoms. The highest BCUT2D eigenvalue weighted by atomic mass is 19.1. The maximum Gasteiger partial charge on any atom is 0.197 e. The number of carbonyl (C=O) groups excluding carboxylic acids is 1. The first-order valence-corrected chi connectivity index (χ1v) is 6.40. The van der Waals surface area contributed by atoms with Gasteiger partial charge in [0.25, 0.3) is 0 Å². The van der Waals surface area contributed by atoms with Gasteiger partial charge in [-0.15, -0.1) is 0 Å². The Morgan fingerprint density at radius 1 is 1.05 bits per heavy atom. The molecule has 0 aliphatic rings. The van der Waals surface area contributed by atoms with Crippen molar-refractivity contribution < 1.29 is 13.9 Å². The van der Waals surface area contributed by atoms with Crippen molar-refractivity contribution in [1.29, 1.82) is 0 Å². The molecule has 2 aromatic carbocycles. The van der Waals surface area contributed by atoms with Crippen LogP contribution in [0.25, 0.3) is 0 Å². The molecule has 0 bridgehead atoms. The highest BCUT2D eigenvalue weighted by Crippen LogP contribution is 2.27. The zero-order valence-corrected chi connectivity index (χ0v) is 12.1. The van der Waals surface area contributed by atoms with Gasteiger partial charge in [0, 0.05) is 5.56 Å². The van der Waals surface area contributed by atoms with Gasteiger partial charge in [-0.3, -0.25) is 4.79 Å². The van der Waals surface area contributed by atoms with Gasteiger partial charge < -0.3 is 4.74 Å². The molecular formula is C17H17FO2. The number of hydrogen-bond donors (Lipinski definition) is 0. The predicted octanol–water partition coefficient (Wildman–Crippen LogP) is 3.99. The van der Waals surface area contributed by atoms with Gasteiger partial charge >= 0.3 is 0 Å². The molecule has 0 heterocycles. The van der Waals surface area contributed by atoms with E-state index in [1.165, 1.54) is 12.1 Å². The van der Waals surface area contributed by atoms with Crippen molar-refractivity contribution in [3.63, 3.8) is 0 Å². The summed E-state index contributed by atoms with van der Waals surface area (Å²) >= 11 is 0. The van der Waals surface area contributed by atoms with Crippen LogP contribution in [-0.4, -0.2) is 12.9 Å². The maximum absolute atomic E-state index is 13.3. The second-order valence-electron chi connectivity index (χ2n) is 4.95. The van der Waals surface area contributed by atoms with E-state index in [2.05, 4.69) is 0 Å². The number of ether oxygens (including phenoxy) is 1. The second-order valence-corrected chi connectivity index (χ2v) is 4.95. The fourth-order valence-corrected chi connectivity index (χ4v) is 2.31. The smallest absolute Gasteiger partial charge is 0.197 e. The summed E-state index contributed by atoms with van der Waals surface area (Å²) in [5.74, 6) is 0.0890. The monoisotopic (exact) mass is 272 g/mol. The van der Waals surface area contributed by atoms with Crippen LogP contribution in [0, 0.1) is 26.6 Å². The van der Waals surface area contributed by atoms with E-state index in [1.807, 2.05) is 26.0 Å². The molecule has 0 N–H and O–H groups in total. The molecule has 2 aromatic rings. The number of halogens is 1. The lowest BCUT2D eigenvalue weighted by atomic mass is 9.95. The van der Waals surface area contributed by atoms with E-state index >= 15 is 0 Å². The van der Waals surface area contributed by atoms with Gasteiger partial charge in [-0.2, -0.15) is 0 Å². The number of rotatable bonds is 3. The van der Waals surface area contributed by atoms with E-state index in [4.69, 9.17) is 4.74 Å². The quantitative estimate of drug-likeness (QED) is 0.790. The molecule has 3 heteroatoms. The fourth-order valence-electron chi connectivity index (χ4n) is 2.31. The van der Waals surface area contributed by atoms with Gasteiger partial charge in [-0.05, 0) is 61.7 Å². The molecule has 2 rings (SSSR count). The van der Waals surface area contributed by atoms with E-state index < -0.39 is 0 Å². The normalized spacial score (nSPS) is 10.4. The van der Waals surface area contributed by atoms with E-state index in [1.54, 1.807) is 20.1 Å². The average Bonchev–Trinajstić information content (AvgIpc) is 2.40. The zero-order valence-electron chi connectivity index (χ0n) is 12.1. The molecule has 0 radical (unpaired) electrons. The molecule has 20 heavy (non-hydrogen) atoms. The predicted molar refractivity (Wildman–Crippen MR) is 77.0 cm³/mol. The minimum atomic E-state index is -0.311. The zero-order chi connectivity index (χ0) is 14.9. The summed E-state index contributed by atoms with van der Waals surface area (Å²) < 4.78 is 18.6. The molecule has 0 unspecified atom stereocenters. The minimum Gasteiger partial charge on any atom is -0.496 e. The average molecular weight is 272 g/mol. The second kappa shape index (κ2) is 5.45. The van der Waals surface area contributed by atoms with Crippen molar-refractivity contribution in [2.75, 3.05) is 7.11 Å². The van der Waals surface area contributed by atoms with Gasteiger partial charge in [0.15, 0.2) is 5.78 Å². The molecule has 0 atom stereocenters. The Labute approximate surface area is 118 Å². The molecular weight excluding hydrogens is 255 g/mol. The number of carbonyl (C=O) groups is 1. The largest absolute Gasteiger partial charge is 0.496 e. The van der Waals surface area contributed by atoms with Crippen LogP contribution in [0.15, 0.2) is 30.3 Å². The van der Waals surface area contributed by atoms with Crippen LogP contribution in [0.3, 0.4) is 0 Å². The van der Waals surface area contributed by atoms with E-state index in [0.29, 0.717) is 22.4 Å². The number of aryl methyl sites for hydroxylation is 3.